The Labute approximate surface area is 299 Å². The average molecular weight is 704 g/mol. The molecular weight excluding hydrogens is 659 g/mol. The summed E-state index contributed by atoms with van der Waals surface area (Å²) in [5.41, 5.74) is 3.11. The van der Waals surface area contributed by atoms with Gasteiger partial charge >= 0.3 is 6.09 Å². The van der Waals surface area contributed by atoms with Gasteiger partial charge in [-0.2, -0.15) is 0 Å². The van der Waals surface area contributed by atoms with Crippen LogP contribution in [0, 0.1) is 0 Å². The quantitative estimate of drug-likeness (QED) is 0.197. The second-order valence-corrected chi connectivity index (χ2v) is 15.1. The van der Waals surface area contributed by atoms with Gasteiger partial charge in [-0.1, -0.05) is 74.3 Å². The van der Waals surface area contributed by atoms with Gasteiger partial charge < -0.3 is 19.7 Å². The summed E-state index contributed by atoms with van der Waals surface area (Å²) in [6, 6.07) is 24.3. The Balaban J connectivity index is 1.39. The highest BCUT2D eigenvalue weighted by atomic mass is 35.5. The predicted octanol–water partition coefficient (Wildman–Crippen LogP) is 10.1. The second-order valence-electron chi connectivity index (χ2n) is 14.2. The van der Waals surface area contributed by atoms with Crippen LogP contribution in [-0.4, -0.2) is 46.7 Å². The number of aromatic nitrogens is 1. The number of carbonyl (C=O) groups is 2. The fourth-order valence-electron chi connectivity index (χ4n) is 5.53. The van der Waals surface area contributed by atoms with E-state index in [1.807, 2.05) is 57.2 Å². The van der Waals surface area contributed by atoms with Gasteiger partial charge in [0.25, 0.3) is 5.91 Å². The maximum atomic E-state index is 14.3. The number of para-hydroxylation sites is 1. The lowest BCUT2D eigenvalue weighted by atomic mass is 9.86. The number of hydrogen-bond acceptors (Lipinski definition) is 6. The molecule has 4 aromatic rings. The molecule has 1 saturated heterocycles. The number of pyridine rings is 1. The summed E-state index contributed by atoms with van der Waals surface area (Å²) in [6.45, 7) is 13.6. The largest absolute Gasteiger partial charge is 0.490 e. The number of likely N-dealkylation sites (tertiary alicyclic amines) is 1. The summed E-state index contributed by atoms with van der Waals surface area (Å²) >= 11 is 12.6. The molecule has 0 atom stereocenters. The number of halogens is 2. The number of ether oxygens (including phenoxy) is 2. The van der Waals surface area contributed by atoms with Crippen LogP contribution >= 0.6 is 23.2 Å². The van der Waals surface area contributed by atoms with Crippen LogP contribution in [-0.2, 0) is 16.7 Å². The van der Waals surface area contributed by atoms with Gasteiger partial charge in [-0.05, 0) is 80.3 Å². The van der Waals surface area contributed by atoms with Crippen molar-refractivity contribution >= 4 is 52.4 Å². The van der Waals surface area contributed by atoms with Crippen molar-refractivity contribution in [3.05, 3.63) is 112 Å². The van der Waals surface area contributed by atoms with E-state index < -0.39 is 5.60 Å². The SMILES string of the molecule is CC(C)(C)OC(=O)N1CCC(Oc2cc(C(C)(C)C)ccc2CNc2ccc(Cl)cc2C(=O)N(c2ccccc2)c2ccc(Cl)cn2)CC1. The molecule has 258 valence electrons. The minimum Gasteiger partial charge on any atom is -0.490 e. The zero-order valence-corrected chi connectivity index (χ0v) is 30.4. The third-order valence-electron chi connectivity index (χ3n) is 8.16. The number of carbonyl (C=O) groups excluding carboxylic acids is 2. The lowest BCUT2D eigenvalue weighted by Crippen LogP contribution is -2.44. The summed E-state index contributed by atoms with van der Waals surface area (Å²) in [6.07, 6.45) is 2.54. The van der Waals surface area contributed by atoms with E-state index in [2.05, 4.69) is 49.3 Å². The Kier molecular flexibility index (Phi) is 11.1. The number of nitrogens with zero attached hydrogens (tertiary/aromatic N) is 3. The van der Waals surface area contributed by atoms with Crippen LogP contribution in [0.2, 0.25) is 10.0 Å². The van der Waals surface area contributed by atoms with Gasteiger partial charge in [0.05, 0.1) is 16.3 Å². The van der Waals surface area contributed by atoms with Crippen molar-refractivity contribution in [3.63, 3.8) is 0 Å². The van der Waals surface area contributed by atoms with E-state index in [1.54, 1.807) is 34.1 Å². The third kappa shape index (κ3) is 9.46. The first-order valence-corrected chi connectivity index (χ1v) is 17.3. The highest BCUT2D eigenvalue weighted by Crippen LogP contribution is 2.34. The molecule has 1 aliphatic heterocycles. The van der Waals surface area contributed by atoms with Crippen molar-refractivity contribution in [1.29, 1.82) is 0 Å². The van der Waals surface area contributed by atoms with Crippen LogP contribution < -0.4 is 15.0 Å². The maximum Gasteiger partial charge on any atom is 0.410 e. The molecule has 10 heteroatoms. The molecule has 3 aromatic carbocycles. The number of piperidine rings is 1. The van der Waals surface area contributed by atoms with Crippen LogP contribution in [0.1, 0.15) is 75.9 Å². The first kappa shape index (κ1) is 36.0. The van der Waals surface area contributed by atoms with Gasteiger partial charge in [0.1, 0.15) is 23.3 Å². The Hall–Kier alpha value is -4.27. The van der Waals surface area contributed by atoms with Crippen molar-refractivity contribution in [2.24, 2.45) is 0 Å². The van der Waals surface area contributed by atoms with E-state index in [0.717, 1.165) is 16.9 Å². The fourth-order valence-corrected chi connectivity index (χ4v) is 5.81. The molecular formula is C39H44Cl2N4O4. The standard InChI is InChI=1S/C39H44Cl2N4O4/c1-38(2,3)27-13-12-26(34(22-27)48-31-18-20-44(21-19-31)37(47)49-39(4,5)6)24-42-33-16-14-28(40)23-32(33)36(46)45(30-10-8-7-9-11-30)35-17-15-29(41)25-43-35/h7-17,22-23,25,31,42H,18-21,24H2,1-6H3. The zero-order valence-electron chi connectivity index (χ0n) is 28.9. The van der Waals surface area contributed by atoms with Crippen LogP contribution in [0.5, 0.6) is 5.75 Å². The first-order valence-electron chi connectivity index (χ1n) is 16.5. The van der Waals surface area contributed by atoms with Crippen molar-refractivity contribution in [2.75, 3.05) is 23.3 Å². The molecule has 0 bridgehead atoms. The van der Waals surface area contributed by atoms with Gasteiger partial charge in [-0.15, -0.1) is 0 Å². The Morgan fingerprint density at radius 1 is 0.898 bits per heavy atom. The lowest BCUT2D eigenvalue weighted by Gasteiger charge is -2.34. The summed E-state index contributed by atoms with van der Waals surface area (Å²) in [4.78, 5) is 34.7. The Morgan fingerprint density at radius 2 is 1.59 bits per heavy atom. The van der Waals surface area contributed by atoms with Gasteiger partial charge in [-0.3, -0.25) is 9.69 Å². The van der Waals surface area contributed by atoms with Crippen LogP contribution in [0.4, 0.5) is 22.0 Å². The molecule has 8 nitrogen and oxygen atoms in total. The Morgan fingerprint density at radius 3 is 2.22 bits per heavy atom. The molecule has 1 aromatic heterocycles. The second kappa shape index (κ2) is 15.1. The molecule has 2 heterocycles. The molecule has 5 rings (SSSR count). The van der Waals surface area contributed by atoms with Crippen LogP contribution in [0.15, 0.2) is 85.1 Å². The zero-order chi connectivity index (χ0) is 35.3. The minimum absolute atomic E-state index is 0.0633. The molecule has 1 fully saturated rings. The third-order valence-corrected chi connectivity index (χ3v) is 8.62. The van der Waals surface area contributed by atoms with Gasteiger partial charge in [0, 0.05) is 54.9 Å². The minimum atomic E-state index is -0.541. The maximum absolute atomic E-state index is 14.3. The van der Waals surface area contributed by atoms with E-state index in [0.29, 0.717) is 65.3 Å². The van der Waals surface area contributed by atoms with Crippen molar-refractivity contribution in [3.8, 4) is 5.75 Å². The smallest absolute Gasteiger partial charge is 0.410 e. The van der Waals surface area contributed by atoms with Crippen LogP contribution in [0.3, 0.4) is 0 Å². The van der Waals surface area contributed by atoms with E-state index in [9.17, 15) is 9.59 Å². The highest BCUT2D eigenvalue weighted by Gasteiger charge is 2.29. The highest BCUT2D eigenvalue weighted by molar-refractivity contribution is 6.31. The summed E-state index contributed by atoms with van der Waals surface area (Å²) in [5, 5.41) is 4.39. The average Bonchev–Trinajstić information content (AvgIpc) is 3.05. The molecule has 1 aliphatic rings. The van der Waals surface area contributed by atoms with E-state index >= 15 is 0 Å². The molecule has 0 aliphatic carbocycles. The molecule has 0 saturated carbocycles. The molecule has 0 spiro atoms. The van der Waals surface area contributed by atoms with Crippen LogP contribution in [0.25, 0.3) is 0 Å². The monoisotopic (exact) mass is 702 g/mol. The molecule has 49 heavy (non-hydrogen) atoms. The fraction of sp³-hybridized carbons (Fsp3) is 0.359. The predicted molar refractivity (Wildman–Crippen MR) is 198 cm³/mol. The van der Waals surface area contributed by atoms with E-state index in [1.165, 1.54) is 6.20 Å². The van der Waals surface area contributed by atoms with Crippen molar-refractivity contribution in [2.45, 2.75) is 78.0 Å². The lowest BCUT2D eigenvalue weighted by molar-refractivity contribution is 0.0125. The van der Waals surface area contributed by atoms with E-state index in [-0.39, 0.29) is 23.5 Å². The molecule has 1 N–H and O–H groups in total. The number of nitrogens with one attached hydrogen (secondary N) is 1. The number of amides is 2. The molecule has 0 unspecified atom stereocenters. The van der Waals surface area contributed by atoms with Crippen molar-refractivity contribution < 1.29 is 19.1 Å². The number of rotatable bonds is 8. The van der Waals surface area contributed by atoms with Gasteiger partial charge in [0.2, 0.25) is 0 Å². The Bertz CT molecular complexity index is 1760. The molecule has 2 amide bonds. The number of hydrogen-bond donors (Lipinski definition) is 1. The number of benzene rings is 3. The van der Waals surface area contributed by atoms with Gasteiger partial charge in [-0.25, -0.2) is 9.78 Å². The van der Waals surface area contributed by atoms with Crippen molar-refractivity contribution in [1.82, 2.24) is 9.88 Å². The topological polar surface area (TPSA) is 84.0 Å². The summed E-state index contributed by atoms with van der Waals surface area (Å²) in [7, 11) is 0. The first-order chi connectivity index (χ1) is 23.2. The normalized spacial score (nSPS) is 13.9. The van der Waals surface area contributed by atoms with E-state index in [4.69, 9.17) is 32.7 Å². The summed E-state index contributed by atoms with van der Waals surface area (Å²) < 4.78 is 12.2. The summed E-state index contributed by atoms with van der Waals surface area (Å²) in [5.74, 6) is 0.897. The number of anilines is 3. The molecule has 0 radical (unpaired) electrons. The van der Waals surface area contributed by atoms with Gasteiger partial charge in [0.15, 0.2) is 0 Å².